The minimum absolute atomic E-state index is 0.505. The molecule has 3 nitrogen and oxygen atoms in total. The number of nitrogens with zero attached hydrogens (tertiary/aromatic N) is 1. The Morgan fingerprint density at radius 3 is 2.83 bits per heavy atom. The summed E-state index contributed by atoms with van der Waals surface area (Å²) < 4.78 is 5.67. The fourth-order valence-electron chi connectivity index (χ4n) is 2.06. The summed E-state index contributed by atoms with van der Waals surface area (Å²) in [7, 11) is 0. The van der Waals surface area contributed by atoms with Crippen LogP contribution in [0.2, 0.25) is 0 Å². The quantitative estimate of drug-likeness (QED) is 0.757. The molecular weight excluding hydrogens is 224 g/mol. The molecule has 92 valence electrons. The number of rotatable bonds is 3. The summed E-state index contributed by atoms with van der Waals surface area (Å²) >= 11 is 0. The van der Waals surface area contributed by atoms with E-state index in [0.29, 0.717) is 18.4 Å². The highest BCUT2D eigenvalue weighted by atomic mass is 16.5. The first kappa shape index (κ1) is 11.1. The van der Waals surface area contributed by atoms with Gasteiger partial charge in [-0.25, -0.2) is 4.98 Å². The lowest BCUT2D eigenvalue weighted by Crippen LogP contribution is -2.05. The van der Waals surface area contributed by atoms with Gasteiger partial charge in [-0.05, 0) is 12.0 Å². The lowest BCUT2D eigenvalue weighted by atomic mass is 10.2. The minimum atomic E-state index is 0.505. The molecule has 3 heteroatoms. The van der Waals surface area contributed by atoms with Crippen LogP contribution in [0.5, 0.6) is 5.88 Å². The van der Waals surface area contributed by atoms with Crippen LogP contribution in [0.25, 0.3) is 21.8 Å². The summed E-state index contributed by atoms with van der Waals surface area (Å²) in [6.07, 6.45) is 1.84. The largest absolute Gasteiger partial charge is 0.477 e. The summed E-state index contributed by atoms with van der Waals surface area (Å²) in [5.41, 5.74) is 2.18. The number of H-pyrrole nitrogens is 1. The van der Waals surface area contributed by atoms with Crippen LogP contribution in [0.4, 0.5) is 0 Å². The molecule has 18 heavy (non-hydrogen) atoms. The van der Waals surface area contributed by atoms with E-state index >= 15 is 0 Å². The maximum absolute atomic E-state index is 5.67. The molecule has 0 saturated carbocycles. The standard InChI is InChI=1S/C15H16N2O/c1-10(2)9-18-15-7-12-11-5-3-4-6-13(11)17-14(12)8-16-15/h3-8,10,17H,9H2,1-2H3. The van der Waals surface area contributed by atoms with Gasteiger partial charge in [0.15, 0.2) is 0 Å². The SMILES string of the molecule is CC(C)COc1cc2c(cn1)[nH]c1ccccc12. The van der Waals surface area contributed by atoms with Gasteiger partial charge in [0.2, 0.25) is 5.88 Å². The average Bonchev–Trinajstić information content (AvgIpc) is 2.74. The zero-order chi connectivity index (χ0) is 12.5. The zero-order valence-electron chi connectivity index (χ0n) is 10.6. The molecule has 0 saturated heterocycles. The number of aromatic nitrogens is 2. The van der Waals surface area contributed by atoms with Crippen molar-refractivity contribution in [1.82, 2.24) is 9.97 Å². The number of benzene rings is 1. The highest BCUT2D eigenvalue weighted by Gasteiger charge is 2.06. The van der Waals surface area contributed by atoms with Crippen molar-refractivity contribution in [2.24, 2.45) is 5.92 Å². The fourth-order valence-corrected chi connectivity index (χ4v) is 2.06. The van der Waals surface area contributed by atoms with Gasteiger partial charge in [0, 0.05) is 22.4 Å². The molecule has 1 N–H and O–H groups in total. The molecule has 0 aliphatic heterocycles. The van der Waals surface area contributed by atoms with Crippen molar-refractivity contribution in [3.8, 4) is 5.88 Å². The van der Waals surface area contributed by atoms with E-state index in [9.17, 15) is 0 Å². The molecule has 0 fully saturated rings. The second-order valence-electron chi connectivity index (χ2n) is 4.94. The molecule has 0 atom stereocenters. The van der Waals surface area contributed by atoms with Crippen LogP contribution in [0.3, 0.4) is 0 Å². The van der Waals surface area contributed by atoms with Gasteiger partial charge in [-0.3, -0.25) is 0 Å². The Kier molecular flexibility index (Phi) is 2.67. The van der Waals surface area contributed by atoms with Crippen LogP contribution < -0.4 is 4.74 Å². The van der Waals surface area contributed by atoms with Crippen LogP contribution in [0, 0.1) is 5.92 Å². The number of hydrogen-bond donors (Lipinski definition) is 1. The third-order valence-electron chi connectivity index (χ3n) is 2.93. The van der Waals surface area contributed by atoms with E-state index in [4.69, 9.17) is 4.74 Å². The van der Waals surface area contributed by atoms with Crippen LogP contribution in [0.15, 0.2) is 36.5 Å². The summed E-state index contributed by atoms with van der Waals surface area (Å²) in [5, 5.41) is 2.38. The van der Waals surface area contributed by atoms with Gasteiger partial charge in [0.05, 0.1) is 18.3 Å². The number of ether oxygens (including phenoxy) is 1. The molecule has 0 amide bonds. The number of para-hydroxylation sites is 1. The molecule has 2 aromatic heterocycles. The van der Waals surface area contributed by atoms with Crippen LogP contribution >= 0.6 is 0 Å². The molecule has 0 spiro atoms. The van der Waals surface area contributed by atoms with Crippen molar-refractivity contribution < 1.29 is 4.74 Å². The van der Waals surface area contributed by atoms with Gasteiger partial charge in [-0.2, -0.15) is 0 Å². The molecule has 3 aromatic rings. The second-order valence-corrected chi connectivity index (χ2v) is 4.94. The fraction of sp³-hybridized carbons (Fsp3) is 0.267. The van der Waals surface area contributed by atoms with Crippen molar-refractivity contribution in [2.75, 3.05) is 6.61 Å². The van der Waals surface area contributed by atoms with E-state index < -0.39 is 0 Å². The first-order chi connectivity index (χ1) is 8.74. The number of pyridine rings is 1. The summed E-state index contributed by atoms with van der Waals surface area (Å²) in [5.74, 6) is 1.20. The van der Waals surface area contributed by atoms with Crippen LogP contribution in [-0.4, -0.2) is 16.6 Å². The summed E-state index contributed by atoms with van der Waals surface area (Å²) in [6, 6.07) is 10.3. The van der Waals surface area contributed by atoms with E-state index in [-0.39, 0.29) is 0 Å². The molecule has 3 rings (SSSR count). The highest BCUT2D eigenvalue weighted by Crippen LogP contribution is 2.26. The molecule has 1 aromatic carbocycles. The summed E-state index contributed by atoms with van der Waals surface area (Å²) in [4.78, 5) is 7.67. The highest BCUT2D eigenvalue weighted by molar-refractivity contribution is 6.07. The van der Waals surface area contributed by atoms with E-state index in [1.165, 1.54) is 10.8 Å². The Morgan fingerprint density at radius 2 is 2.00 bits per heavy atom. The number of hydrogen-bond acceptors (Lipinski definition) is 2. The molecule has 0 aliphatic rings. The Bertz CT molecular complexity index is 685. The van der Waals surface area contributed by atoms with Gasteiger partial charge in [0.25, 0.3) is 0 Å². The van der Waals surface area contributed by atoms with Crippen LogP contribution in [-0.2, 0) is 0 Å². The predicted molar refractivity (Wildman–Crippen MR) is 73.9 cm³/mol. The van der Waals surface area contributed by atoms with Crippen molar-refractivity contribution >= 4 is 21.8 Å². The van der Waals surface area contributed by atoms with E-state index in [1.807, 2.05) is 24.4 Å². The average molecular weight is 240 g/mol. The number of fused-ring (bicyclic) bond motifs is 3. The maximum atomic E-state index is 5.67. The van der Waals surface area contributed by atoms with Crippen molar-refractivity contribution in [2.45, 2.75) is 13.8 Å². The topological polar surface area (TPSA) is 37.9 Å². The zero-order valence-corrected chi connectivity index (χ0v) is 10.6. The number of aromatic amines is 1. The first-order valence-corrected chi connectivity index (χ1v) is 6.23. The second kappa shape index (κ2) is 4.33. The molecule has 0 bridgehead atoms. The minimum Gasteiger partial charge on any atom is -0.477 e. The van der Waals surface area contributed by atoms with Gasteiger partial charge in [0.1, 0.15) is 0 Å². The first-order valence-electron chi connectivity index (χ1n) is 6.23. The monoisotopic (exact) mass is 240 g/mol. The Morgan fingerprint density at radius 1 is 1.17 bits per heavy atom. The summed E-state index contributed by atoms with van der Waals surface area (Å²) in [6.45, 7) is 4.95. The Labute approximate surface area is 106 Å². The van der Waals surface area contributed by atoms with E-state index in [0.717, 1.165) is 11.0 Å². The van der Waals surface area contributed by atoms with Crippen LogP contribution in [0.1, 0.15) is 13.8 Å². The molecule has 2 heterocycles. The third-order valence-corrected chi connectivity index (χ3v) is 2.93. The van der Waals surface area contributed by atoms with E-state index in [2.05, 4.69) is 35.9 Å². The van der Waals surface area contributed by atoms with Gasteiger partial charge >= 0.3 is 0 Å². The van der Waals surface area contributed by atoms with Crippen molar-refractivity contribution in [1.29, 1.82) is 0 Å². The molecule has 0 unspecified atom stereocenters. The molecule has 0 radical (unpaired) electrons. The van der Waals surface area contributed by atoms with Gasteiger partial charge in [-0.15, -0.1) is 0 Å². The van der Waals surface area contributed by atoms with Gasteiger partial charge < -0.3 is 9.72 Å². The maximum Gasteiger partial charge on any atom is 0.213 e. The van der Waals surface area contributed by atoms with Crippen molar-refractivity contribution in [3.63, 3.8) is 0 Å². The Balaban J connectivity index is 2.07. The Hall–Kier alpha value is -2.03. The normalized spacial score (nSPS) is 11.5. The van der Waals surface area contributed by atoms with Crippen molar-refractivity contribution in [3.05, 3.63) is 36.5 Å². The molecule has 0 aliphatic carbocycles. The lowest BCUT2D eigenvalue weighted by molar-refractivity contribution is 0.262. The lowest BCUT2D eigenvalue weighted by Gasteiger charge is -2.07. The smallest absolute Gasteiger partial charge is 0.213 e. The van der Waals surface area contributed by atoms with Gasteiger partial charge in [-0.1, -0.05) is 32.0 Å². The predicted octanol–water partition coefficient (Wildman–Crippen LogP) is 3.75. The third kappa shape index (κ3) is 1.92. The van der Waals surface area contributed by atoms with E-state index in [1.54, 1.807) is 0 Å². The molecular formula is C15H16N2O. The number of nitrogens with one attached hydrogen (secondary N) is 1.